The second-order valence-electron chi connectivity index (χ2n) is 5.69. The van der Waals surface area contributed by atoms with Crippen LogP contribution in [0.15, 0.2) is 48.5 Å². The zero-order valence-electron chi connectivity index (χ0n) is 11.6. The molecular formula is C17H19IO. The van der Waals surface area contributed by atoms with E-state index in [0.717, 1.165) is 5.75 Å². The highest BCUT2D eigenvalue weighted by Gasteiger charge is 2.12. The quantitative estimate of drug-likeness (QED) is 0.682. The summed E-state index contributed by atoms with van der Waals surface area (Å²) in [6, 6.07) is 16.8. The van der Waals surface area contributed by atoms with Gasteiger partial charge in [-0.3, -0.25) is 0 Å². The highest BCUT2D eigenvalue weighted by Crippen LogP contribution is 2.23. The Balaban J connectivity index is 2.01. The molecule has 19 heavy (non-hydrogen) atoms. The van der Waals surface area contributed by atoms with Crippen molar-refractivity contribution in [2.75, 3.05) is 0 Å². The Morgan fingerprint density at radius 2 is 1.68 bits per heavy atom. The summed E-state index contributed by atoms with van der Waals surface area (Å²) in [4.78, 5) is 0. The average Bonchev–Trinajstić information content (AvgIpc) is 2.36. The summed E-state index contributed by atoms with van der Waals surface area (Å²) >= 11 is 2.29. The second-order valence-corrected chi connectivity index (χ2v) is 6.94. The van der Waals surface area contributed by atoms with Gasteiger partial charge < -0.3 is 4.74 Å². The molecule has 0 aromatic heterocycles. The minimum atomic E-state index is 0.203. The molecule has 0 fully saturated rings. The minimum Gasteiger partial charge on any atom is -0.489 e. The Morgan fingerprint density at radius 3 is 2.26 bits per heavy atom. The Labute approximate surface area is 129 Å². The van der Waals surface area contributed by atoms with Crippen LogP contribution in [0.2, 0.25) is 0 Å². The maximum absolute atomic E-state index is 5.79. The van der Waals surface area contributed by atoms with Gasteiger partial charge >= 0.3 is 0 Å². The molecular weight excluding hydrogens is 347 g/mol. The third-order valence-electron chi connectivity index (χ3n) is 3.02. The van der Waals surface area contributed by atoms with E-state index in [-0.39, 0.29) is 5.41 Å². The number of ether oxygens (including phenoxy) is 1. The molecule has 0 aliphatic rings. The molecule has 2 aromatic carbocycles. The van der Waals surface area contributed by atoms with Gasteiger partial charge in [0.05, 0.1) is 0 Å². The highest BCUT2D eigenvalue weighted by molar-refractivity contribution is 14.1. The molecule has 0 saturated carbocycles. The molecule has 0 atom stereocenters. The Bertz CT molecular complexity index is 538. The zero-order chi connectivity index (χ0) is 13.9. The van der Waals surface area contributed by atoms with Crippen LogP contribution in [0.5, 0.6) is 5.75 Å². The van der Waals surface area contributed by atoms with E-state index in [4.69, 9.17) is 4.74 Å². The van der Waals surface area contributed by atoms with Gasteiger partial charge in [0.1, 0.15) is 12.4 Å². The molecule has 0 unspecified atom stereocenters. The first-order chi connectivity index (χ1) is 8.95. The van der Waals surface area contributed by atoms with Gasteiger partial charge in [-0.2, -0.15) is 0 Å². The second kappa shape index (κ2) is 5.95. The minimum absolute atomic E-state index is 0.203. The van der Waals surface area contributed by atoms with Crippen molar-refractivity contribution in [1.29, 1.82) is 0 Å². The molecule has 2 rings (SSSR count). The standard InChI is InChI=1S/C17H19IO/c1-17(2,3)14-9-7-13(8-10-14)12-19-16-6-4-5-15(18)11-16/h4-11H,12H2,1-3H3. The molecule has 2 aromatic rings. The molecule has 0 aliphatic carbocycles. The lowest BCUT2D eigenvalue weighted by Gasteiger charge is -2.19. The fourth-order valence-electron chi connectivity index (χ4n) is 1.82. The topological polar surface area (TPSA) is 9.23 Å². The lowest BCUT2D eigenvalue weighted by Crippen LogP contribution is -2.10. The predicted octanol–water partition coefficient (Wildman–Crippen LogP) is 5.17. The van der Waals surface area contributed by atoms with Gasteiger partial charge in [0.2, 0.25) is 0 Å². The molecule has 1 nitrogen and oxygen atoms in total. The van der Waals surface area contributed by atoms with Gasteiger partial charge in [-0.25, -0.2) is 0 Å². The lowest BCUT2D eigenvalue weighted by molar-refractivity contribution is 0.306. The van der Waals surface area contributed by atoms with Crippen LogP contribution in [0.25, 0.3) is 0 Å². The fraction of sp³-hybridized carbons (Fsp3) is 0.294. The molecule has 0 N–H and O–H groups in total. The third kappa shape index (κ3) is 4.23. The van der Waals surface area contributed by atoms with Crippen LogP contribution in [0, 0.1) is 3.57 Å². The monoisotopic (exact) mass is 366 g/mol. The largest absolute Gasteiger partial charge is 0.489 e. The van der Waals surface area contributed by atoms with E-state index in [1.165, 1.54) is 14.7 Å². The van der Waals surface area contributed by atoms with Crippen molar-refractivity contribution in [1.82, 2.24) is 0 Å². The average molecular weight is 366 g/mol. The number of hydrogen-bond acceptors (Lipinski definition) is 1. The molecule has 100 valence electrons. The molecule has 0 amide bonds. The van der Waals surface area contributed by atoms with Crippen molar-refractivity contribution in [2.45, 2.75) is 32.8 Å². The van der Waals surface area contributed by atoms with Crippen molar-refractivity contribution in [2.24, 2.45) is 0 Å². The number of hydrogen-bond donors (Lipinski definition) is 0. The first kappa shape index (κ1) is 14.4. The van der Waals surface area contributed by atoms with Gasteiger partial charge in [-0.05, 0) is 57.3 Å². The first-order valence-corrected chi connectivity index (χ1v) is 7.51. The van der Waals surface area contributed by atoms with Gasteiger partial charge in [-0.1, -0.05) is 51.1 Å². The smallest absolute Gasteiger partial charge is 0.120 e. The first-order valence-electron chi connectivity index (χ1n) is 6.43. The van der Waals surface area contributed by atoms with E-state index in [1.54, 1.807) is 0 Å². The van der Waals surface area contributed by atoms with Crippen molar-refractivity contribution >= 4 is 22.6 Å². The van der Waals surface area contributed by atoms with Crippen LogP contribution in [-0.4, -0.2) is 0 Å². The summed E-state index contributed by atoms with van der Waals surface area (Å²) in [7, 11) is 0. The summed E-state index contributed by atoms with van der Waals surface area (Å²) < 4.78 is 6.99. The van der Waals surface area contributed by atoms with Crippen molar-refractivity contribution < 1.29 is 4.74 Å². The van der Waals surface area contributed by atoms with Crippen molar-refractivity contribution in [3.8, 4) is 5.75 Å². The Kier molecular flexibility index (Phi) is 4.50. The van der Waals surface area contributed by atoms with E-state index in [0.29, 0.717) is 6.61 Å². The van der Waals surface area contributed by atoms with E-state index >= 15 is 0 Å². The summed E-state index contributed by atoms with van der Waals surface area (Å²) in [5.41, 5.74) is 2.76. The van der Waals surface area contributed by atoms with E-state index < -0.39 is 0 Å². The summed E-state index contributed by atoms with van der Waals surface area (Å²) in [6.45, 7) is 7.30. The SMILES string of the molecule is CC(C)(C)c1ccc(COc2cccc(I)c2)cc1. The predicted molar refractivity (Wildman–Crippen MR) is 88.6 cm³/mol. The van der Waals surface area contributed by atoms with Crippen LogP contribution in [0.1, 0.15) is 31.9 Å². The van der Waals surface area contributed by atoms with Crippen molar-refractivity contribution in [3.05, 3.63) is 63.2 Å². The van der Waals surface area contributed by atoms with Crippen LogP contribution in [0.4, 0.5) is 0 Å². The Hall–Kier alpha value is -1.03. The van der Waals surface area contributed by atoms with Gasteiger partial charge in [-0.15, -0.1) is 0 Å². The van der Waals surface area contributed by atoms with E-state index in [2.05, 4.69) is 73.7 Å². The van der Waals surface area contributed by atoms with Gasteiger partial charge in [0.25, 0.3) is 0 Å². The molecule has 0 aliphatic heterocycles. The highest BCUT2D eigenvalue weighted by atomic mass is 127. The zero-order valence-corrected chi connectivity index (χ0v) is 13.8. The number of benzene rings is 2. The molecule has 0 spiro atoms. The molecule has 0 radical (unpaired) electrons. The summed E-state index contributed by atoms with van der Waals surface area (Å²) in [5.74, 6) is 0.923. The maximum atomic E-state index is 5.79. The van der Waals surface area contributed by atoms with Crippen molar-refractivity contribution in [3.63, 3.8) is 0 Å². The molecule has 0 saturated heterocycles. The summed E-state index contributed by atoms with van der Waals surface area (Å²) in [5, 5.41) is 0. The van der Waals surface area contributed by atoms with Crippen LogP contribution >= 0.6 is 22.6 Å². The van der Waals surface area contributed by atoms with Crippen LogP contribution in [0.3, 0.4) is 0 Å². The normalized spacial score (nSPS) is 11.4. The van der Waals surface area contributed by atoms with Crippen LogP contribution < -0.4 is 4.74 Å². The van der Waals surface area contributed by atoms with Gasteiger partial charge in [0.15, 0.2) is 0 Å². The van der Waals surface area contributed by atoms with E-state index in [9.17, 15) is 0 Å². The number of halogens is 1. The molecule has 0 heterocycles. The maximum Gasteiger partial charge on any atom is 0.120 e. The number of rotatable bonds is 3. The lowest BCUT2D eigenvalue weighted by atomic mass is 9.87. The van der Waals surface area contributed by atoms with Crippen LogP contribution in [-0.2, 0) is 12.0 Å². The summed E-state index contributed by atoms with van der Waals surface area (Å²) in [6.07, 6.45) is 0. The Morgan fingerprint density at radius 1 is 1.00 bits per heavy atom. The van der Waals surface area contributed by atoms with Gasteiger partial charge in [0, 0.05) is 3.57 Å². The third-order valence-corrected chi connectivity index (χ3v) is 3.69. The molecule has 2 heteroatoms. The van der Waals surface area contributed by atoms with E-state index in [1.807, 2.05) is 18.2 Å². The fourth-order valence-corrected chi connectivity index (χ4v) is 2.34. The molecule has 0 bridgehead atoms.